The van der Waals surface area contributed by atoms with Gasteiger partial charge in [-0.3, -0.25) is 0 Å². The molecule has 0 saturated carbocycles. The number of hydrogen-bond donors (Lipinski definition) is 0. The van der Waals surface area contributed by atoms with Crippen molar-refractivity contribution in [1.29, 1.82) is 0 Å². The zero-order valence-electron chi connectivity index (χ0n) is 27.8. The molecule has 0 atom stereocenters. The van der Waals surface area contributed by atoms with Crippen LogP contribution in [0.15, 0.2) is 127 Å². The van der Waals surface area contributed by atoms with Gasteiger partial charge in [0, 0.05) is 18.2 Å². The fourth-order valence-corrected chi connectivity index (χ4v) is 5.65. The number of carbonyl (C=O) groups is 3. The van der Waals surface area contributed by atoms with Gasteiger partial charge in [-0.2, -0.15) is 0 Å². The van der Waals surface area contributed by atoms with Gasteiger partial charge >= 0.3 is 17.9 Å². The summed E-state index contributed by atoms with van der Waals surface area (Å²) in [6.07, 6.45) is 0. The Hall–Kier alpha value is -6.87. The lowest BCUT2D eigenvalue weighted by Crippen LogP contribution is -2.12. The zero-order valence-corrected chi connectivity index (χ0v) is 27.8. The van der Waals surface area contributed by atoms with Gasteiger partial charge in [-0.05, 0) is 105 Å². The summed E-state index contributed by atoms with van der Waals surface area (Å²) in [5.74, 6) is 0.0879. The number of rotatable bonds is 9. The van der Waals surface area contributed by atoms with Crippen LogP contribution in [0.3, 0.4) is 0 Å². The third kappa shape index (κ3) is 7.13. The lowest BCUT2D eigenvalue weighted by molar-refractivity contribution is 0.0730. The van der Waals surface area contributed by atoms with Crippen molar-refractivity contribution in [2.45, 2.75) is 0 Å². The Morgan fingerprint density at radius 1 is 0.314 bits per heavy atom. The van der Waals surface area contributed by atoms with E-state index in [1.54, 1.807) is 94.1 Å². The monoisotopic (exact) mass is 678 g/mol. The van der Waals surface area contributed by atoms with Crippen LogP contribution in [0.5, 0.6) is 34.5 Å². The Labute approximate surface area is 292 Å². The third-order valence-corrected chi connectivity index (χ3v) is 8.33. The highest BCUT2D eigenvalue weighted by Crippen LogP contribution is 2.32. The molecule has 0 unspecified atom stereocenters. The number of hydrogen-bond acceptors (Lipinski definition) is 9. The van der Waals surface area contributed by atoms with Gasteiger partial charge in [0.25, 0.3) is 0 Å². The fourth-order valence-electron chi connectivity index (χ4n) is 5.65. The molecule has 0 spiro atoms. The molecular weight excluding hydrogens is 648 g/mol. The first kappa shape index (κ1) is 32.7. The maximum Gasteiger partial charge on any atom is 0.343 e. The van der Waals surface area contributed by atoms with Crippen molar-refractivity contribution in [3.05, 3.63) is 144 Å². The molecule has 0 aliphatic rings. The molecule has 0 bridgehead atoms. The minimum atomic E-state index is -0.664. The number of carbonyl (C=O) groups excluding carboxylic acids is 3. The van der Waals surface area contributed by atoms with E-state index >= 15 is 0 Å². The van der Waals surface area contributed by atoms with Crippen molar-refractivity contribution < 1.29 is 42.8 Å². The summed E-state index contributed by atoms with van der Waals surface area (Å²) in [4.78, 5) is 40.1. The highest BCUT2D eigenvalue weighted by atomic mass is 16.6. The van der Waals surface area contributed by atoms with Gasteiger partial charge in [0.15, 0.2) is 0 Å². The van der Waals surface area contributed by atoms with Crippen LogP contribution in [0.2, 0.25) is 0 Å². The zero-order chi connectivity index (χ0) is 35.5. The van der Waals surface area contributed by atoms with Gasteiger partial charge in [-0.15, -0.1) is 0 Å². The van der Waals surface area contributed by atoms with Crippen LogP contribution in [0, 0.1) is 0 Å². The Morgan fingerprint density at radius 2 is 0.569 bits per heavy atom. The second-order valence-corrected chi connectivity index (χ2v) is 11.6. The molecule has 0 heterocycles. The van der Waals surface area contributed by atoms with Crippen LogP contribution in [-0.4, -0.2) is 39.2 Å². The molecular formula is C42H30O9. The normalized spacial score (nSPS) is 10.9. The molecule has 0 aromatic heterocycles. The maximum absolute atomic E-state index is 13.4. The van der Waals surface area contributed by atoms with Crippen LogP contribution in [0.1, 0.15) is 31.1 Å². The van der Waals surface area contributed by atoms with Gasteiger partial charge in [-0.25, -0.2) is 14.4 Å². The van der Waals surface area contributed by atoms with E-state index in [0.29, 0.717) is 17.2 Å². The highest BCUT2D eigenvalue weighted by molar-refractivity contribution is 5.99. The number of methoxy groups -OCH3 is 3. The first-order chi connectivity index (χ1) is 24.8. The molecule has 0 amide bonds. The summed E-state index contributed by atoms with van der Waals surface area (Å²) < 4.78 is 33.1. The van der Waals surface area contributed by atoms with Crippen molar-refractivity contribution in [2.24, 2.45) is 0 Å². The van der Waals surface area contributed by atoms with E-state index in [9.17, 15) is 14.4 Å². The van der Waals surface area contributed by atoms with Crippen molar-refractivity contribution in [3.63, 3.8) is 0 Å². The Balaban J connectivity index is 1.18. The molecule has 0 saturated heterocycles. The summed E-state index contributed by atoms with van der Waals surface area (Å²) in [6, 6.07) is 36.1. The topological polar surface area (TPSA) is 107 Å². The Kier molecular flexibility index (Phi) is 8.92. The number of esters is 3. The predicted octanol–water partition coefficient (Wildman–Crippen LogP) is 8.83. The van der Waals surface area contributed by atoms with E-state index in [1.807, 2.05) is 36.4 Å². The molecule has 9 heteroatoms. The third-order valence-electron chi connectivity index (χ3n) is 8.33. The van der Waals surface area contributed by atoms with E-state index in [1.165, 1.54) is 18.2 Å². The standard InChI is InChI=1S/C42H30O9/c1-46-34-13-10-25-16-31(7-4-28(25)19-34)40(43)49-37-22-38(50-41(44)32-8-5-29-20-35(47-2)14-11-26(29)17-32)24-39(23-37)51-42(45)33-9-6-30-21-36(48-3)15-12-27(30)18-33/h4-24H,1-3H3. The van der Waals surface area contributed by atoms with E-state index in [2.05, 4.69) is 0 Å². The lowest BCUT2D eigenvalue weighted by atomic mass is 10.1. The first-order valence-corrected chi connectivity index (χ1v) is 15.8. The molecule has 7 aromatic carbocycles. The average molecular weight is 679 g/mol. The van der Waals surface area contributed by atoms with Crippen molar-refractivity contribution in [3.8, 4) is 34.5 Å². The van der Waals surface area contributed by atoms with Crippen LogP contribution < -0.4 is 28.4 Å². The second-order valence-electron chi connectivity index (χ2n) is 11.6. The molecule has 252 valence electrons. The average Bonchev–Trinajstić information content (AvgIpc) is 3.16. The fraction of sp³-hybridized carbons (Fsp3) is 0.0714. The minimum Gasteiger partial charge on any atom is -0.497 e. The molecule has 0 N–H and O–H groups in total. The number of fused-ring (bicyclic) bond motifs is 3. The SMILES string of the molecule is COc1ccc2cc(C(=O)Oc3cc(OC(=O)c4ccc5cc(OC)ccc5c4)cc(OC(=O)c4ccc5cc(OC)ccc5c4)c3)ccc2c1. The van der Waals surface area contributed by atoms with Gasteiger partial charge in [0.1, 0.15) is 34.5 Å². The smallest absolute Gasteiger partial charge is 0.343 e. The number of ether oxygens (including phenoxy) is 6. The second kappa shape index (κ2) is 13.9. The van der Waals surface area contributed by atoms with E-state index in [-0.39, 0.29) is 33.9 Å². The van der Waals surface area contributed by atoms with Crippen molar-refractivity contribution >= 4 is 50.2 Å². The van der Waals surface area contributed by atoms with Crippen molar-refractivity contribution in [2.75, 3.05) is 21.3 Å². The van der Waals surface area contributed by atoms with Gasteiger partial charge in [0.05, 0.1) is 38.0 Å². The van der Waals surface area contributed by atoms with Crippen molar-refractivity contribution in [1.82, 2.24) is 0 Å². The molecule has 0 aliphatic heterocycles. The summed E-state index contributed by atoms with van der Waals surface area (Å²) in [5.41, 5.74) is 0.859. The van der Waals surface area contributed by atoms with Crippen LogP contribution in [0.25, 0.3) is 32.3 Å². The van der Waals surface area contributed by atoms with Crippen LogP contribution in [-0.2, 0) is 0 Å². The maximum atomic E-state index is 13.4. The van der Waals surface area contributed by atoms with Gasteiger partial charge < -0.3 is 28.4 Å². The molecule has 7 aromatic rings. The van der Waals surface area contributed by atoms with Gasteiger partial charge in [0.2, 0.25) is 0 Å². The predicted molar refractivity (Wildman–Crippen MR) is 193 cm³/mol. The van der Waals surface area contributed by atoms with Gasteiger partial charge in [-0.1, -0.05) is 36.4 Å². The largest absolute Gasteiger partial charge is 0.497 e. The lowest BCUT2D eigenvalue weighted by Gasteiger charge is -2.12. The molecule has 51 heavy (non-hydrogen) atoms. The minimum absolute atomic E-state index is 0.000796. The molecule has 9 nitrogen and oxygen atoms in total. The van der Waals surface area contributed by atoms with E-state index in [4.69, 9.17) is 28.4 Å². The summed E-state index contributed by atoms with van der Waals surface area (Å²) in [6.45, 7) is 0. The summed E-state index contributed by atoms with van der Waals surface area (Å²) in [7, 11) is 4.76. The Bertz CT molecular complexity index is 2200. The molecule has 0 aliphatic carbocycles. The molecule has 0 fully saturated rings. The first-order valence-electron chi connectivity index (χ1n) is 15.8. The molecule has 7 rings (SSSR count). The summed E-state index contributed by atoms with van der Waals surface area (Å²) in [5, 5.41) is 5.08. The van der Waals surface area contributed by atoms with Crippen LogP contribution >= 0.6 is 0 Å². The number of benzene rings is 7. The van der Waals surface area contributed by atoms with E-state index < -0.39 is 17.9 Å². The summed E-state index contributed by atoms with van der Waals surface area (Å²) >= 11 is 0. The Morgan fingerprint density at radius 3 is 0.843 bits per heavy atom. The quantitative estimate of drug-likeness (QED) is 0.109. The van der Waals surface area contributed by atoms with Crippen LogP contribution in [0.4, 0.5) is 0 Å². The highest BCUT2D eigenvalue weighted by Gasteiger charge is 2.18. The molecule has 0 radical (unpaired) electrons. The van der Waals surface area contributed by atoms with E-state index in [0.717, 1.165) is 32.3 Å².